The van der Waals surface area contributed by atoms with Gasteiger partial charge in [-0.1, -0.05) is 100 Å². The molecular weight excluding hydrogens is 679 g/mol. The zero-order valence-electron chi connectivity index (χ0n) is 33.0. The molecule has 6 unspecified atom stereocenters. The van der Waals surface area contributed by atoms with E-state index >= 15 is 0 Å². The van der Waals surface area contributed by atoms with Crippen LogP contribution in [0.2, 0.25) is 0 Å². The predicted molar refractivity (Wildman–Crippen MR) is 230 cm³/mol. The first-order valence-electron chi connectivity index (χ1n) is 21.4. The number of fused-ring (bicyclic) bond motifs is 12. The van der Waals surface area contributed by atoms with E-state index in [-0.39, 0.29) is 16.2 Å². The Morgan fingerprint density at radius 3 is 2.04 bits per heavy atom. The largest absolute Gasteiger partial charge is 0.456 e. The molecule has 6 aliphatic carbocycles. The van der Waals surface area contributed by atoms with E-state index in [9.17, 15) is 0 Å². The molecule has 0 saturated heterocycles. The summed E-state index contributed by atoms with van der Waals surface area (Å²) in [6.07, 6.45) is 8.32. The molecular formula is C54H49NO. The smallest absolute Gasteiger partial charge is 0.137 e. The number of nitrogens with zero attached hydrogens (tertiary/aromatic N) is 1. The molecule has 1 heterocycles. The van der Waals surface area contributed by atoms with Crippen LogP contribution in [0, 0.1) is 29.1 Å². The predicted octanol–water partition coefficient (Wildman–Crippen LogP) is 14.4. The molecule has 0 amide bonds. The average molecular weight is 728 g/mol. The molecule has 6 aliphatic rings. The van der Waals surface area contributed by atoms with Crippen molar-refractivity contribution in [2.75, 3.05) is 4.90 Å². The maximum Gasteiger partial charge on any atom is 0.137 e. The van der Waals surface area contributed by atoms with Gasteiger partial charge in [-0.15, -0.1) is 0 Å². The molecule has 0 aliphatic heterocycles. The van der Waals surface area contributed by atoms with Crippen LogP contribution in [0.5, 0.6) is 0 Å². The van der Waals surface area contributed by atoms with Crippen LogP contribution in [-0.4, -0.2) is 0 Å². The minimum Gasteiger partial charge on any atom is -0.456 e. The lowest BCUT2D eigenvalue weighted by atomic mass is 9.27. The van der Waals surface area contributed by atoms with E-state index in [1.54, 1.807) is 11.1 Å². The highest BCUT2D eigenvalue weighted by molar-refractivity contribution is 6.06. The Balaban J connectivity index is 0.919. The van der Waals surface area contributed by atoms with Gasteiger partial charge in [0, 0.05) is 39.3 Å². The summed E-state index contributed by atoms with van der Waals surface area (Å²) in [5, 5.41) is 2.32. The van der Waals surface area contributed by atoms with Gasteiger partial charge in [0.15, 0.2) is 0 Å². The van der Waals surface area contributed by atoms with Crippen LogP contribution in [-0.2, 0) is 16.2 Å². The summed E-state index contributed by atoms with van der Waals surface area (Å²) in [6.45, 7) is 9.66. The second kappa shape index (κ2) is 10.5. The molecule has 7 aromatic rings. The summed E-state index contributed by atoms with van der Waals surface area (Å²) < 4.78 is 6.45. The Hall–Kier alpha value is -5.08. The fourth-order valence-corrected chi connectivity index (χ4v) is 14.3. The van der Waals surface area contributed by atoms with Crippen LogP contribution in [0.3, 0.4) is 0 Å². The molecule has 2 heteroatoms. The van der Waals surface area contributed by atoms with E-state index in [2.05, 4.69) is 160 Å². The first-order chi connectivity index (χ1) is 27.2. The number of furan rings is 1. The van der Waals surface area contributed by atoms with Gasteiger partial charge in [0.2, 0.25) is 0 Å². The molecule has 0 radical (unpaired) electrons. The molecule has 13 rings (SSSR count). The number of hydrogen-bond donors (Lipinski definition) is 0. The summed E-state index contributed by atoms with van der Waals surface area (Å²) in [5.74, 6) is 3.67. The summed E-state index contributed by atoms with van der Waals surface area (Å²) >= 11 is 0. The topological polar surface area (TPSA) is 16.4 Å². The quantitative estimate of drug-likeness (QED) is 0.179. The van der Waals surface area contributed by atoms with Crippen LogP contribution >= 0.6 is 0 Å². The molecule has 6 aromatic carbocycles. The Labute approximate surface area is 330 Å². The lowest BCUT2D eigenvalue weighted by Gasteiger charge is -2.76. The highest BCUT2D eigenvalue weighted by Crippen LogP contribution is 2.89. The van der Waals surface area contributed by atoms with Crippen molar-refractivity contribution in [3.8, 4) is 22.3 Å². The molecule has 56 heavy (non-hydrogen) atoms. The van der Waals surface area contributed by atoms with Gasteiger partial charge in [-0.3, -0.25) is 0 Å². The van der Waals surface area contributed by atoms with E-state index in [4.69, 9.17) is 4.42 Å². The number of rotatable bonds is 4. The van der Waals surface area contributed by atoms with E-state index in [0.29, 0.717) is 5.41 Å². The lowest BCUT2D eigenvalue weighted by molar-refractivity contribution is -0.231. The van der Waals surface area contributed by atoms with Crippen LogP contribution in [0.15, 0.2) is 132 Å². The van der Waals surface area contributed by atoms with E-state index in [1.165, 1.54) is 77.6 Å². The van der Waals surface area contributed by atoms with Crippen molar-refractivity contribution < 1.29 is 4.42 Å². The maximum absolute atomic E-state index is 6.45. The molecule has 2 spiro atoms. The zero-order chi connectivity index (χ0) is 37.3. The van der Waals surface area contributed by atoms with Gasteiger partial charge in [0.05, 0.1) is 0 Å². The number of hydrogen-bond acceptors (Lipinski definition) is 2. The third kappa shape index (κ3) is 3.80. The van der Waals surface area contributed by atoms with Crippen molar-refractivity contribution in [3.63, 3.8) is 0 Å². The van der Waals surface area contributed by atoms with Crippen molar-refractivity contribution >= 4 is 39.0 Å². The monoisotopic (exact) mass is 727 g/mol. The molecule has 1 aromatic heterocycles. The normalized spacial score (nSPS) is 29.1. The van der Waals surface area contributed by atoms with E-state index < -0.39 is 0 Å². The molecule has 4 saturated carbocycles. The fraction of sp³-hybridized carbons (Fsp3) is 0.333. The zero-order valence-corrected chi connectivity index (χ0v) is 33.0. The minimum atomic E-state index is 0.113. The van der Waals surface area contributed by atoms with E-state index in [1.807, 2.05) is 0 Å². The highest BCUT2D eigenvalue weighted by Gasteiger charge is 2.84. The fourth-order valence-electron chi connectivity index (χ4n) is 14.3. The first kappa shape index (κ1) is 32.1. The molecule has 4 fully saturated rings. The molecule has 0 N–H and O–H groups in total. The Morgan fingerprint density at radius 1 is 0.518 bits per heavy atom. The third-order valence-electron chi connectivity index (χ3n) is 16.8. The van der Waals surface area contributed by atoms with Gasteiger partial charge in [-0.2, -0.15) is 0 Å². The highest BCUT2D eigenvalue weighted by atomic mass is 16.3. The Bertz CT molecular complexity index is 2820. The van der Waals surface area contributed by atoms with Crippen LogP contribution in [0.25, 0.3) is 44.2 Å². The van der Waals surface area contributed by atoms with Crippen molar-refractivity contribution in [1.29, 1.82) is 0 Å². The van der Waals surface area contributed by atoms with Gasteiger partial charge >= 0.3 is 0 Å². The van der Waals surface area contributed by atoms with Crippen molar-refractivity contribution in [1.82, 2.24) is 0 Å². The lowest BCUT2D eigenvalue weighted by Crippen LogP contribution is -2.73. The van der Waals surface area contributed by atoms with Crippen molar-refractivity contribution in [2.24, 2.45) is 29.1 Å². The Morgan fingerprint density at radius 2 is 1.18 bits per heavy atom. The van der Waals surface area contributed by atoms with Gasteiger partial charge < -0.3 is 9.32 Å². The van der Waals surface area contributed by atoms with Gasteiger partial charge in [0.1, 0.15) is 11.2 Å². The van der Waals surface area contributed by atoms with Crippen LogP contribution in [0.4, 0.5) is 17.1 Å². The number of anilines is 3. The molecule has 276 valence electrons. The summed E-state index contributed by atoms with van der Waals surface area (Å²) in [6, 6.07) is 48.7. The average Bonchev–Trinajstić information content (AvgIpc) is 3.94. The Kier molecular flexibility index (Phi) is 5.98. The molecule has 2 bridgehead atoms. The number of benzene rings is 6. The van der Waals surface area contributed by atoms with Gasteiger partial charge in [-0.25, -0.2) is 0 Å². The van der Waals surface area contributed by atoms with Gasteiger partial charge in [-0.05, 0) is 171 Å². The van der Waals surface area contributed by atoms with E-state index in [0.717, 1.165) is 57.0 Å². The second-order valence-electron chi connectivity index (χ2n) is 20.0. The summed E-state index contributed by atoms with van der Waals surface area (Å²) in [5.41, 5.74) is 18.3. The SMILES string of the molecule is CC1(C)CCC(C)(C)c2cc(N(c3ccc(-c4ccc5c(c4)-c4ccccc4C54C5CC6CC7CC4C75C6)cc3)c3ccc4c(c3)oc3ccccc34)ccc21. The maximum atomic E-state index is 6.45. The van der Waals surface area contributed by atoms with Crippen LogP contribution in [0.1, 0.15) is 88.5 Å². The summed E-state index contributed by atoms with van der Waals surface area (Å²) in [7, 11) is 0. The molecule has 2 nitrogen and oxygen atoms in total. The third-order valence-corrected chi connectivity index (χ3v) is 16.8. The van der Waals surface area contributed by atoms with Crippen LogP contribution < -0.4 is 4.90 Å². The van der Waals surface area contributed by atoms with Crippen molar-refractivity contribution in [2.45, 2.75) is 82.5 Å². The first-order valence-corrected chi connectivity index (χ1v) is 21.4. The second-order valence-corrected chi connectivity index (χ2v) is 20.0. The van der Waals surface area contributed by atoms with Crippen molar-refractivity contribution in [3.05, 3.63) is 150 Å². The summed E-state index contributed by atoms with van der Waals surface area (Å²) in [4.78, 5) is 2.44. The standard InChI is InChI=1S/C54H49NO/c1-51(2)23-24-52(3,4)46-29-37(19-22-45(46)51)55(38-18-20-41-40-10-6-8-12-47(40)56-48(41)30-38)36-16-13-33(14-17-36)34-15-21-44-42(27-34)39-9-5-7-11-43(39)54(44)49-26-32-25-35-28-50(54)53(35,49)31-32/h5-22,27,29-30,32,35,49-50H,23-26,28,31H2,1-4H3. The minimum absolute atomic E-state index is 0.113. The number of para-hydroxylation sites is 1. The van der Waals surface area contributed by atoms with Gasteiger partial charge in [0.25, 0.3) is 0 Å². The molecule has 6 atom stereocenters.